The Bertz CT molecular complexity index is 1290. The molecule has 2 aliphatic rings. The molecule has 3 heterocycles. The number of ether oxygens (including phenoxy) is 2. The summed E-state index contributed by atoms with van der Waals surface area (Å²) in [5.41, 5.74) is 8.04. The van der Waals surface area contributed by atoms with Gasteiger partial charge in [0.2, 0.25) is 0 Å². The topological polar surface area (TPSA) is 64.5 Å². The van der Waals surface area contributed by atoms with Crippen LogP contribution >= 0.6 is 0 Å². The summed E-state index contributed by atoms with van der Waals surface area (Å²) in [6, 6.07) is 9.66. The van der Waals surface area contributed by atoms with Gasteiger partial charge in [0.1, 0.15) is 12.4 Å². The van der Waals surface area contributed by atoms with E-state index in [-0.39, 0.29) is 5.97 Å². The van der Waals surface area contributed by atoms with Crippen LogP contribution in [0.15, 0.2) is 36.5 Å². The number of aromatic nitrogens is 2. The quantitative estimate of drug-likeness (QED) is 0.446. The van der Waals surface area contributed by atoms with Gasteiger partial charge in [-0.25, -0.2) is 14.8 Å². The molecule has 2 aromatic carbocycles. The van der Waals surface area contributed by atoms with Crippen molar-refractivity contribution in [2.24, 2.45) is 0 Å². The van der Waals surface area contributed by atoms with Crippen LogP contribution in [0.1, 0.15) is 43.9 Å². The Balaban J connectivity index is 1.28. The molecule has 1 aromatic heterocycles. The minimum Gasteiger partial charge on any atom is -0.495 e. The number of cyclic esters (lactones) is 1. The summed E-state index contributed by atoms with van der Waals surface area (Å²) in [4.78, 5) is 23.7. The summed E-state index contributed by atoms with van der Waals surface area (Å²) >= 11 is 0. The Morgan fingerprint density at radius 2 is 2.15 bits per heavy atom. The Morgan fingerprint density at radius 1 is 1.27 bits per heavy atom. The van der Waals surface area contributed by atoms with E-state index in [0.29, 0.717) is 29.3 Å². The number of esters is 1. The summed E-state index contributed by atoms with van der Waals surface area (Å²) in [6.07, 6.45) is 9.37. The van der Waals surface area contributed by atoms with E-state index in [1.807, 2.05) is 30.5 Å². The number of nitrogens with zero attached hydrogens (tertiary/aromatic N) is 3. The van der Waals surface area contributed by atoms with Crippen LogP contribution in [0.5, 0.6) is 5.75 Å². The molecule has 166 valence electrons. The van der Waals surface area contributed by atoms with Crippen molar-refractivity contribution in [3.05, 3.63) is 75.6 Å². The van der Waals surface area contributed by atoms with Crippen LogP contribution in [0.25, 0.3) is 11.4 Å². The number of hydrogen-bond acceptors (Lipinski definition) is 6. The van der Waals surface area contributed by atoms with Crippen LogP contribution in [-0.2, 0) is 30.7 Å². The number of methoxy groups -OCH3 is 1. The second-order valence-electron chi connectivity index (χ2n) is 8.45. The average Bonchev–Trinajstić information content (AvgIpc) is 3.24. The molecular weight excluding hydrogens is 414 g/mol. The summed E-state index contributed by atoms with van der Waals surface area (Å²) < 4.78 is 10.5. The third-order valence-electron chi connectivity index (χ3n) is 6.60. The average molecular weight is 440 g/mol. The smallest absolute Gasteiger partial charge is 0.338 e. The molecule has 0 radical (unpaired) electrons. The minimum absolute atomic E-state index is 0.211. The number of rotatable bonds is 5. The predicted octanol–water partition coefficient (Wildman–Crippen LogP) is 3.71. The van der Waals surface area contributed by atoms with Gasteiger partial charge in [0.15, 0.2) is 5.82 Å². The highest BCUT2D eigenvalue weighted by molar-refractivity contribution is 5.93. The summed E-state index contributed by atoms with van der Waals surface area (Å²) in [5.74, 6) is 3.81. The van der Waals surface area contributed by atoms with E-state index in [4.69, 9.17) is 20.9 Å². The molecule has 0 fully saturated rings. The van der Waals surface area contributed by atoms with E-state index < -0.39 is 0 Å². The lowest BCUT2D eigenvalue weighted by Gasteiger charge is -2.28. The van der Waals surface area contributed by atoms with Gasteiger partial charge in [-0.15, -0.1) is 6.42 Å². The van der Waals surface area contributed by atoms with Gasteiger partial charge in [-0.3, -0.25) is 4.90 Å². The number of fused-ring (bicyclic) bond motifs is 2. The van der Waals surface area contributed by atoms with Crippen molar-refractivity contribution < 1.29 is 14.3 Å². The molecule has 0 saturated carbocycles. The predicted molar refractivity (Wildman–Crippen MR) is 125 cm³/mol. The van der Waals surface area contributed by atoms with Crippen molar-refractivity contribution >= 4 is 5.97 Å². The van der Waals surface area contributed by atoms with E-state index in [1.165, 1.54) is 16.7 Å². The molecule has 0 unspecified atom stereocenters. The lowest BCUT2D eigenvalue weighted by molar-refractivity contribution is 0.0535. The van der Waals surface area contributed by atoms with Crippen molar-refractivity contribution in [3.63, 3.8) is 0 Å². The van der Waals surface area contributed by atoms with E-state index in [2.05, 4.69) is 28.8 Å². The molecule has 0 saturated heterocycles. The van der Waals surface area contributed by atoms with E-state index in [1.54, 1.807) is 7.11 Å². The van der Waals surface area contributed by atoms with E-state index in [0.717, 1.165) is 49.3 Å². The van der Waals surface area contributed by atoms with Gasteiger partial charge in [0.05, 0.1) is 23.9 Å². The van der Waals surface area contributed by atoms with Gasteiger partial charge in [0.25, 0.3) is 0 Å². The van der Waals surface area contributed by atoms with Crippen molar-refractivity contribution in [1.82, 2.24) is 14.9 Å². The fraction of sp³-hybridized carbons (Fsp3) is 0.296. The Kier molecular flexibility index (Phi) is 5.57. The first-order valence-electron chi connectivity index (χ1n) is 11.1. The Hall–Kier alpha value is -3.69. The molecule has 3 aromatic rings. The molecule has 0 bridgehead atoms. The largest absolute Gasteiger partial charge is 0.495 e. The number of terminal acetylenes is 1. The molecule has 5 rings (SSSR count). The van der Waals surface area contributed by atoms with Crippen LogP contribution in [0.3, 0.4) is 0 Å². The third kappa shape index (κ3) is 3.96. The van der Waals surface area contributed by atoms with Crippen LogP contribution in [0.4, 0.5) is 0 Å². The van der Waals surface area contributed by atoms with Crippen molar-refractivity contribution in [2.45, 2.75) is 32.9 Å². The maximum Gasteiger partial charge on any atom is 0.338 e. The maximum absolute atomic E-state index is 11.8. The van der Waals surface area contributed by atoms with Gasteiger partial charge >= 0.3 is 5.97 Å². The molecule has 6 nitrogen and oxygen atoms in total. The lowest BCUT2D eigenvalue weighted by atomic mass is 9.96. The van der Waals surface area contributed by atoms with Crippen molar-refractivity contribution in [2.75, 3.05) is 20.2 Å². The minimum atomic E-state index is -0.211. The second-order valence-corrected chi connectivity index (χ2v) is 8.45. The molecular formula is C27H25N3O3. The van der Waals surface area contributed by atoms with E-state index in [9.17, 15) is 4.79 Å². The third-order valence-corrected chi connectivity index (χ3v) is 6.60. The number of carbonyl (C=O) groups is 1. The number of carbonyl (C=O) groups excluding carboxylic acids is 1. The molecule has 0 spiro atoms. The molecule has 0 N–H and O–H groups in total. The van der Waals surface area contributed by atoms with Crippen molar-refractivity contribution in [3.8, 4) is 29.5 Å². The van der Waals surface area contributed by atoms with Crippen molar-refractivity contribution in [1.29, 1.82) is 0 Å². The first-order valence-corrected chi connectivity index (χ1v) is 11.1. The van der Waals surface area contributed by atoms with Gasteiger partial charge in [-0.2, -0.15) is 0 Å². The van der Waals surface area contributed by atoms with Crippen LogP contribution in [0.2, 0.25) is 0 Å². The molecule has 0 atom stereocenters. The molecule has 0 amide bonds. The zero-order valence-corrected chi connectivity index (χ0v) is 18.9. The highest BCUT2D eigenvalue weighted by Crippen LogP contribution is 2.28. The molecule has 6 heteroatoms. The lowest BCUT2D eigenvalue weighted by Crippen LogP contribution is -2.33. The Morgan fingerprint density at radius 3 is 2.97 bits per heavy atom. The SMILES string of the molecule is C#Cc1cc(-c2ncc3c(n2)CCN(CCc2ccc4c(c2C)COC4=O)C3)ccc1OC. The van der Waals surface area contributed by atoms with Gasteiger partial charge in [0, 0.05) is 48.9 Å². The van der Waals surface area contributed by atoms with Crippen LogP contribution < -0.4 is 4.74 Å². The van der Waals surface area contributed by atoms with Gasteiger partial charge < -0.3 is 9.47 Å². The monoisotopic (exact) mass is 439 g/mol. The van der Waals surface area contributed by atoms with Crippen LogP contribution in [-0.4, -0.2) is 41.0 Å². The van der Waals surface area contributed by atoms with E-state index >= 15 is 0 Å². The number of benzene rings is 2. The molecule has 33 heavy (non-hydrogen) atoms. The fourth-order valence-electron chi connectivity index (χ4n) is 4.61. The molecule has 0 aliphatic carbocycles. The van der Waals surface area contributed by atoms with Gasteiger partial charge in [-0.1, -0.05) is 12.0 Å². The van der Waals surface area contributed by atoms with Gasteiger partial charge in [-0.05, 0) is 48.7 Å². The summed E-state index contributed by atoms with van der Waals surface area (Å²) in [7, 11) is 1.61. The zero-order valence-electron chi connectivity index (χ0n) is 18.9. The standard InChI is InChI=1S/C27H25N3O3/c1-4-18-13-20(6-8-25(18)32-3)26-28-14-21-15-30(12-10-24(21)29-26)11-9-19-5-7-22-23(17(19)2)16-33-27(22)31/h1,5-8,13-14H,9-12,15-16H2,2-3H3. The number of hydrogen-bond donors (Lipinski definition) is 0. The maximum atomic E-state index is 11.8. The van der Waals surface area contributed by atoms with Crippen LogP contribution in [0, 0.1) is 19.3 Å². The highest BCUT2D eigenvalue weighted by atomic mass is 16.5. The summed E-state index contributed by atoms with van der Waals surface area (Å²) in [6.45, 7) is 5.20. The summed E-state index contributed by atoms with van der Waals surface area (Å²) in [5, 5.41) is 0. The first-order chi connectivity index (χ1) is 16.1. The first kappa shape index (κ1) is 21.2. The highest BCUT2D eigenvalue weighted by Gasteiger charge is 2.24. The Labute approximate surface area is 193 Å². The zero-order chi connectivity index (χ0) is 22.9. The second kappa shape index (κ2) is 8.68. The normalized spacial score (nSPS) is 14.9. The molecule has 2 aliphatic heterocycles. The fourth-order valence-corrected chi connectivity index (χ4v) is 4.61.